The molecule has 0 N–H and O–H groups in total. The van der Waals surface area contributed by atoms with E-state index in [0.29, 0.717) is 11.5 Å². The van der Waals surface area contributed by atoms with Gasteiger partial charge in [0.15, 0.2) is 0 Å². The number of hydrogen-bond donors (Lipinski definition) is 0. The zero-order chi connectivity index (χ0) is 12.5. The molecule has 1 aliphatic rings. The van der Waals surface area contributed by atoms with Gasteiger partial charge in [-0.25, -0.2) is 9.78 Å². The predicted molar refractivity (Wildman–Crippen MR) is 65.4 cm³/mol. The first-order valence-corrected chi connectivity index (χ1v) is 5.89. The van der Waals surface area contributed by atoms with Crippen molar-refractivity contribution >= 4 is 17.0 Å². The van der Waals surface area contributed by atoms with Gasteiger partial charge in [-0.3, -0.25) is 0 Å². The molecule has 0 amide bonds. The Kier molecular flexibility index (Phi) is 2.76. The summed E-state index contributed by atoms with van der Waals surface area (Å²) in [5, 5.41) is 0. The van der Waals surface area contributed by atoms with Crippen LogP contribution in [-0.4, -0.2) is 35.8 Å². The van der Waals surface area contributed by atoms with E-state index in [1.165, 1.54) is 7.11 Å². The molecule has 0 radical (unpaired) electrons. The standard InChI is InChI=1S/C13H14N2O3/c1-17-13(16)10-2-3-11-12(4-10)15(8-14-11)5-9-6-18-7-9/h2-4,8-9H,5-7H2,1H3. The van der Waals surface area contributed by atoms with Crippen molar-refractivity contribution in [2.45, 2.75) is 6.54 Å². The second-order valence-electron chi connectivity index (χ2n) is 4.50. The first kappa shape index (κ1) is 11.2. The molecule has 0 atom stereocenters. The Morgan fingerprint density at radius 2 is 2.39 bits per heavy atom. The number of ether oxygens (including phenoxy) is 2. The number of esters is 1. The summed E-state index contributed by atoms with van der Waals surface area (Å²) in [5.74, 6) is 0.223. The number of benzene rings is 1. The van der Waals surface area contributed by atoms with Gasteiger partial charge in [-0.05, 0) is 18.2 Å². The minimum atomic E-state index is -0.323. The van der Waals surface area contributed by atoms with E-state index in [0.717, 1.165) is 30.8 Å². The van der Waals surface area contributed by atoms with Crippen LogP contribution < -0.4 is 0 Å². The Hall–Kier alpha value is -1.88. The third kappa shape index (κ3) is 1.86. The monoisotopic (exact) mass is 246 g/mol. The average Bonchev–Trinajstić information content (AvgIpc) is 2.75. The highest BCUT2D eigenvalue weighted by molar-refractivity contribution is 5.93. The molecule has 2 aromatic rings. The Morgan fingerprint density at radius 1 is 1.56 bits per heavy atom. The van der Waals surface area contributed by atoms with Crippen LogP contribution in [0.15, 0.2) is 24.5 Å². The van der Waals surface area contributed by atoms with Crippen LogP contribution in [0.1, 0.15) is 10.4 Å². The molecule has 5 heteroatoms. The lowest BCUT2D eigenvalue weighted by Crippen LogP contribution is -2.31. The minimum Gasteiger partial charge on any atom is -0.465 e. The van der Waals surface area contributed by atoms with Crippen LogP contribution in [-0.2, 0) is 16.0 Å². The molecular weight excluding hydrogens is 232 g/mol. The summed E-state index contributed by atoms with van der Waals surface area (Å²) in [7, 11) is 1.38. The van der Waals surface area contributed by atoms with E-state index in [9.17, 15) is 4.79 Å². The normalized spacial score (nSPS) is 15.6. The van der Waals surface area contributed by atoms with E-state index in [-0.39, 0.29) is 5.97 Å². The van der Waals surface area contributed by atoms with Crippen molar-refractivity contribution in [1.29, 1.82) is 0 Å². The number of nitrogens with zero attached hydrogens (tertiary/aromatic N) is 2. The highest BCUT2D eigenvalue weighted by Crippen LogP contribution is 2.19. The van der Waals surface area contributed by atoms with E-state index < -0.39 is 0 Å². The first-order chi connectivity index (χ1) is 8.78. The van der Waals surface area contributed by atoms with E-state index >= 15 is 0 Å². The van der Waals surface area contributed by atoms with Crippen molar-refractivity contribution in [3.63, 3.8) is 0 Å². The van der Waals surface area contributed by atoms with E-state index in [4.69, 9.17) is 9.47 Å². The molecule has 2 heterocycles. The van der Waals surface area contributed by atoms with E-state index in [2.05, 4.69) is 9.55 Å². The van der Waals surface area contributed by atoms with E-state index in [1.54, 1.807) is 6.07 Å². The largest absolute Gasteiger partial charge is 0.465 e. The molecule has 94 valence electrons. The van der Waals surface area contributed by atoms with E-state index in [1.807, 2.05) is 18.5 Å². The molecule has 0 saturated carbocycles. The number of carbonyl (C=O) groups excluding carboxylic acids is 1. The topological polar surface area (TPSA) is 53.3 Å². The molecule has 1 aliphatic heterocycles. The van der Waals surface area contributed by atoms with Crippen LogP contribution in [0, 0.1) is 5.92 Å². The molecule has 1 aromatic carbocycles. The van der Waals surface area contributed by atoms with Crippen LogP contribution >= 0.6 is 0 Å². The first-order valence-electron chi connectivity index (χ1n) is 5.89. The number of aromatic nitrogens is 2. The maximum Gasteiger partial charge on any atom is 0.337 e. The van der Waals surface area contributed by atoms with Crippen molar-refractivity contribution < 1.29 is 14.3 Å². The molecule has 0 aliphatic carbocycles. The van der Waals surface area contributed by atoms with Gasteiger partial charge in [0.25, 0.3) is 0 Å². The quantitative estimate of drug-likeness (QED) is 0.769. The van der Waals surface area contributed by atoms with Gasteiger partial charge in [0.1, 0.15) is 0 Å². The molecule has 3 rings (SSSR count). The second-order valence-corrected chi connectivity index (χ2v) is 4.50. The summed E-state index contributed by atoms with van der Waals surface area (Å²) < 4.78 is 12.0. The fourth-order valence-electron chi connectivity index (χ4n) is 2.12. The van der Waals surface area contributed by atoms with Gasteiger partial charge in [-0.2, -0.15) is 0 Å². The van der Waals surface area contributed by atoms with Crippen LogP contribution in [0.5, 0.6) is 0 Å². The van der Waals surface area contributed by atoms with Crippen molar-refractivity contribution in [3.8, 4) is 0 Å². The fourth-order valence-corrected chi connectivity index (χ4v) is 2.12. The average molecular weight is 246 g/mol. The molecule has 0 bridgehead atoms. The summed E-state index contributed by atoms with van der Waals surface area (Å²) in [5.41, 5.74) is 2.41. The number of hydrogen-bond acceptors (Lipinski definition) is 4. The van der Waals surface area contributed by atoms with Crippen molar-refractivity contribution in [2.24, 2.45) is 5.92 Å². The molecule has 5 nitrogen and oxygen atoms in total. The Morgan fingerprint density at radius 3 is 3.06 bits per heavy atom. The van der Waals surface area contributed by atoms with Gasteiger partial charge in [0.05, 0.1) is 43.2 Å². The summed E-state index contributed by atoms with van der Waals surface area (Å²) in [6, 6.07) is 5.40. The molecular formula is C13H14N2O3. The third-order valence-corrected chi connectivity index (χ3v) is 3.20. The Balaban J connectivity index is 1.96. The highest BCUT2D eigenvalue weighted by Gasteiger charge is 2.20. The lowest BCUT2D eigenvalue weighted by molar-refractivity contribution is -0.0389. The SMILES string of the molecule is COC(=O)c1ccc2ncn(CC3COC3)c2c1. The number of carbonyl (C=O) groups is 1. The maximum atomic E-state index is 11.5. The highest BCUT2D eigenvalue weighted by atomic mass is 16.5. The molecule has 0 spiro atoms. The van der Waals surface area contributed by atoms with Crippen LogP contribution in [0.3, 0.4) is 0 Å². The van der Waals surface area contributed by atoms with Crippen LogP contribution in [0.2, 0.25) is 0 Å². The summed E-state index contributed by atoms with van der Waals surface area (Å²) >= 11 is 0. The molecule has 0 unspecified atom stereocenters. The summed E-state index contributed by atoms with van der Waals surface area (Å²) in [6.07, 6.45) is 1.81. The van der Waals surface area contributed by atoms with Gasteiger partial charge >= 0.3 is 5.97 Å². The van der Waals surface area contributed by atoms with Gasteiger partial charge in [0, 0.05) is 12.5 Å². The van der Waals surface area contributed by atoms with Crippen molar-refractivity contribution in [1.82, 2.24) is 9.55 Å². The van der Waals surface area contributed by atoms with Crippen LogP contribution in [0.25, 0.3) is 11.0 Å². The van der Waals surface area contributed by atoms with Gasteiger partial charge < -0.3 is 14.0 Å². The maximum absolute atomic E-state index is 11.5. The fraction of sp³-hybridized carbons (Fsp3) is 0.385. The number of imidazole rings is 1. The number of fused-ring (bicyclic) bond motifs is 1. The lowest BCUT2D eigenvalue weighted by Gasteiger charge is -2.26. The molecule has 1 fully saturated rings. The van der Waals surface area contributed by atoms with Crippen molar-refractivity contribution in [3.05, 3.63) is 30.1 Å². The Labute approximate surface area is 104 Å². The molecule has 18 heavy (non-hydrogen) atoms. The summed E-state index contributed by atoms with van der Waals surface area (Å²) in [6.45, 7) is 2.48. The van der Waals surface area contributed by atoms with Crippen molar-refractivity contribution in [2.75, 3.05) is 20.3 Å². The van der Waals surface area contributed by atoms with Gasteiger partial charge in [-0.15, -0.1) is 0 Å². The number of methoxy groups -OCH3 is 1. The number of rotatable bonds is 3. The zero-order valence-electron chi connectivity index (χ0n) is 10.1. The smallest absolute Gasteiger partial charge is 0.337 e. The lowest BCUT2D eigenvalue weighted by atomic mass is 10.1. The molecule has 1 saturated heterocycles. The zero-order valence-corrected chi connectivity index (χ0v) is 10.1. The minimum absolute atomic E-state index is 0.323. The van der Waals surface area contributed by atoms with Crippen LogP contribution in [0.4, 0.5) is 0 Å². The Bertz CT molecular complexity index is 587. The predicted octanol–water partition coefficient (Wildman–Crippen LogP) is 1.47. The van der Waals surface area contributed by atoms with Gasteiger partial charge in [0.2, 0.25) is 0 Å². The van der Waals surface area contributed by atoms with Gasteiger partial charge in [-0.1, -0.05) is 0 Å². The summed E-state index contributed by atoms with van der Waals surface area (Å²) in [4.78, 5) is 15.8. The third-order valence-electron chi connectivity index (χ3n) is 3.20. The second kappa shape index (κ2) is 4.42. The molecule has 1 aromatic heterocycles.